The van der Waals surface area contributed by atoms with Crippen molar-refractivity contribution in [1.82, 2.24) is 5.32 Å². The molecule has 0 spiro atoms. The van der Waals surface area contributed by atoms with Crippen LogP contribution in [0.3, 0.4) is 0 Å². The van der Waals surface area contributed by atoms with Crippen LogP contribution in [0, 0.1) is 0 Å². The van der Waals surface area contributed by atoms with Gasteiger partial charge in [-0.1, -0.05) is 54.6 Å². The predicted octanol–water partition coefficient (Wildman–Crippen LogP) is 1.74. The van der Waals surface area contributed by atoms with Gasteiger partial charge in [0.05, 0.1) is 12.3 Å². The van der Waals surface area contributed by atoms with Gasteiger partial charge in [0.2, 0.25) is 5.91 Å². The number of primary amides is 1. The fraction of sp³-hybridized carbons (Fsp3) is 0.278. The number of nitrogens with one attached hydrogen (secondary N) is 1. The first kappa shape index (κ1) is 20.8. The molecule has 0 saturated heterocycles. The van der Waals surface area contributed by atoms with Crippen molar-refractivity contribution in [3.63, 3.8) is 0 Å². The molecule has 0 heterocycles. The zero-order valence-corrected chi connectivity index (χ0v) is 15.2. The third-order valence-electron chi connectivity index (χ3n) is 3.31. The van der Waals surface area contributed by atoms with Crippen molar-refractivity contribution < 1.29 is 17.8 Å². The molecule has 136 valence electrons. The van der Waals surface area contributed by atoms with Crippen molar-refractivity contribution in [2.24, 2.45) is 5.73 Å². The quantitative estimate of drug-likeness (QED) is 0.677. The molecular weight excluding hydrogens is 340 g/mol. The van der Waals surface area contributed by atoms with E-state index in [1.165, 1.54) is 11.1 Å². The molecule has 0 radical (unpaired) electrons. The third-order valence-corrected chi connectivity index (χ3v) is 3.31. The van der Waals surface area contributed by atoms with Crippen LogP contribution in [-0.2, 0) is 27.9 Å². The SMILES string of the molecule is CS(=O)(=O)O.C[C@H](NCc1ccc(Cc2ccccc2)cc1)C(N)=O. The highest BCUT2D eigenvalue weighted by Gasteiger charge is 2.06. The summed E-state index contributed by atoms with van der Waals surface area (Å²) >= 11 is 0. The Hall–Kier alpha value is -2.22. The molecule has 0 aliphatic heterocycles. The molecule has 1 atom stereocenters. The van der Waals surface area contributed by atoms with Crippen LogP contribution in [0.2, 0.25) is 0 Å². The molecular formula is C18H24N2O4S. The second-order valence-electron chi connectivity index (χ2n) is 5.72. The maximum Gasteiger partial charge on any atom is 0.261 e. The fourth-order valence-electron chi connectivity index (χ4n) is 1.98. The van der Waals surface area contributed by atoms with Crippen molar-refractivity contribution in [3.8, 4) is 0 Å². The van der Waals surface area contributed by atoms with Crippen molar-refractivity contribution in [1.29, 1.82) is 0 Å². The molecule has 2 aromatic rings. The normalized spacial score (nSPS) is 12.0. The molecule has 7 heteroatoms. The fourth-order valence-corrected chi connectivity index (χ4v) is 1.98. The van der Waals surface area contributed by atoms with Gasteiger partial charge in [-0.25, -0.2) is 0 Å². The molecule has 4 N–H and O–H groups in total. The molecule has 0 aliphatic rings. The summed E-state index contributed by atoms with van der Waals surface area (Å²) in [4.78, 5) is 10.9. The van der Waals surface area contributed by atoms with Crippen LogP contribution in [-0.4, -0.2) is 31.2 Å². The highest BCUT2D eigenvalue weighted by molar-refractivity contribution is 7.85. The van der Waals surface area contributed by atoms with Crippen LogP contribution >= 0.6 is 0 Å². The van der Waals surface area contributed by atoms with Gasteiger partial charge in [-0.15, -0.1) is 0 Å². The second kappa shape index (κ2) is 9.93. The Bertz CT molecular complexity index is 751. The first-order valence-corrected chi connectivity index (χ1v) is 9.57. The molecule has 6 nitrogen and oxygen atoms in total. The Morgan fingerprint density at radius 1 is 1.04 bits per heavy atom. The number of amides is 1. The van der Waals surface area contributed by atoms with Crippen LogP contribution in [0.15, 0.2) is 54.6 Å². The summed E-state index contributed by atoms with van der Waals surface area (Å²) in [6.07, 6.45) is 1.65. The maximum atomic E-state index is 10.9. The van der Waals surface area contributed by atoms with Gasteiger partial charge in [0.15, 0.2) is 0 Å². The number of carbonyl (C=O) groups excluding carboxylic acids is 1. The van der Waals surface area contributed by atoms with E-state index in [1.807, 2.05) is 6.07 Å². The van der Waals surface area contributed by atoms with E-state index in [9.17, 15) is 13.2 Å². The summed E-state index contributed by atoms with van der Waals surface area (Å²) in [6.45, 7) is 2.42. The minimum absolute atomic E-state index is 0.306. The Morgan fingerprint density at radius 2 is 1.48 bits per heavy atom. The van der Waals surface area contributed by atoms with Crippen LogP contribution < -0.4 is 11.1 Å². The van der Waals surface area contributed by atoms with Crippen LogP contribution in [0.1, 0.15) is 23.6 Å². The molecule has 2 aromatic carbocycles. The lowest BCUT2D eigenvalue weighted by molar-refractivity contribution is -0.119. The van der Waals surface area contributed by atoms with E-state index < -0.39 is 10.1 Å². The van der Waals surface area contributed by atoms with Gasteiger partial charge in [0.25, 0.3) is 10.1 Å². The Morgan fingerprint density at radius 3 is 1.96 bits per heavy atom. The average molecular weight is 364 g/mol. The number of hydrogen-bond acceptors (Lipinski definition) is 4. The molecule has 2 rings (SSSR count). The predicted molar refractivity (Wildman–Crippen MR) is 98.7 cm³/mol. The largest absolute Gasteiger partial charge is 0.368 e. The van der Waals surface area contributed by atoms with Crippen LogP contribution in [0.4, 0.5) is 0 Å². The van der Waals surface area contributed by atoms with E-state index in [0.717, 1.165) is 12.0 Å². The van der Waals surface area contributed by atoms with E-state index >= 15 is 0 Å². The Balaban J connectivity index is 0.000000550. The number of rotatable bonds is 6. The summed E-state index contributed by atoms with van der Waals surface area (Å²) in [6, 6.07) is 18.5. The molecule has 0 saturated carbocycles. The minimum Gasteiger partial charge on any atom is -0.368 e. The van der Waals surface area contributed by atoms with Crippen molar-refractivity contribution in [2.75, 3.05) is 6.26 Å². The molecule has 0 unspecified atom stereocenters. The van der Waals surface area contributed by atoms with Gasteiger partial charge < -0.3 is 11.1 Å². The zero-order chi connectivity index (χ0) is 18.9. The average Bonchev–Trinajstić information content (AvgIpc) is 2.53. The van der Waals surface area contributed by atoms with E-state index in [-0.39, 0.29) is 11.9 Å². The van der Waals surface area contributed by atoms with Gasteiger partial charge in [-0.3, -0.25) is 9.35 Å². The summed E-state index contributed by atoms with van der Waals surface area (Å²) in [5, 5.41) is 3.09. The van der Waals surface area contributed by atoms with E-state index in [1.54, 1.807) is 6.92 Å². The Labute approximate surface area is 148 Å². The van der Waals surface area contributed by atoms with Crippen molar-refractivity contribution in [3.05, 3.63) is 71.3 Å². The molecule has 0 aliphatic carbocycles. The smallest absolute Gasteiger partial charge is 0.261 e. The molecule has 0 fully saturated rings. The monoisotopic (exact) mass is 364 g/mol. The van der Waals surface area contributed by atoms with Gasteiger partial charge in [0.1, 0.15) is 0 Å². The van der Waals surface area contributed by atoms with Gasteiger partial charge >= 0.3 is 0 Å². The van der Waals surface area contributed by atoms with Crippen molar-refractivity contribution in [2.45, 2.75) is 25.9 Å². The van der Waals surface area contributed by atoms with E-state index in [4.69, 9.17) is 10.3 Å². The van der Waals surface area contributed by atoms with Gasteiger partial charge in [-0.2, -0.15) is 8.42 Å². The maximum absolute atomic E-state index is 10.9. The number of nitrogens with two attached hydrogens (primary N) is 1. The molecule has 0 aromatic heterocycles. The first-order chi connectivity index (χ1) is 11.6. The lowest BCUT2D eigenvalue weighted by atomic mass is 10.0. The number of hydrogen-bond donors (Lipinski definition) is 3. The summed E-state index contributed by atoms with van der Waals surface area (Å²) in [5.41, 5.74) is 8.94. The topological polar surface area (TPSA) is 109 Å². The highest BCUT2D eigenvalue weighted by atomic mass is 32.2. The summed E-state index contributed by atoms with van der Waals surface area (Å²) in [7, 11) is -3.67. The van der Waals surface area contributed by atoms with Gasteiger partial charge in [-0.05, 0) is 30.0 Å². The van der Waals surface area contributed by atoms with Crippen LogP contribution in [0.5, 0.6) is 0 Å². The molecule has 25 heavy (non-hydrogen) atoms. The van der Waals surface area contributed by atoms with Crippen molar-refractivity contribution >= 4 is 16.0 Å². The highest BCUT2D eigenvalue weighted by Crippen LogP contribution is 2.10. The second-order valence-corrected chi connectivity index (χ2v) is 7.18. The zero-order valence-electron chi connectivity index (χ0n) is 14.3. The number of benzene rings is 2. The van der Waals surface area contributed by atoms with Crippen LogP contribution in [0.25, 0.3) is 0 Å². The summed E-state index contributed by atoms with van der Waals surface area (Å²) in [5.74, 6) is -0.328. The Kier molecular flexibility index (Phi) is 8.27. The molecule has 1 amide bonds. The summed E-state index contributed by atoms with van der Waals surface area (Å²) < 4.78 is 25.9. The van der Waals surface area contributed by atoms with E-state index in [2.05, 4.69) is 53.8 Å². The van der Waals surface area contributed by atoms with E-state index in [0.29, 0.717) is 12.8 Å². The lowest BCUT2D eigenvalue weighted by Crippen LogP contribution is -2.38. The lowest BCUT2D eigenvalue weighted by Gasteiger charge is -2.10. The molecule has 0 bridgehead atoms. The third kappa shape index (κ3) is 10.3. The minimum atomic E-state index is -3.67. The standard InChI is InChI=1S/C17H20N2O.CH4O3S/c1-13(17(18)20)19-12-16-9-7-15(8-10-16)11-14-5-3-2-4-6-14;1-5(2,3)4/h2-10,13,19H,11-12H2,1H3,(H2,18,20);1H3,(H,2,3,4)/t13-;/m0./s1. The first-order valence-electron chi connectivity index (χ1n) is 7.72. The number of carbonyl (C=O) groups is 1. The van der Waals surface area contributed by atoms with Gasteiger partial charge in [0, 0.05) is 6.54 Å².